The normalized spacial score (nSPS) is 12.6. The third-order valence-electron chi connectivity index (χ3n) is 2.85. The first kappa shape index (κ1) is 10.6. The maximum Gasteiger partial charge on any atom is 0.310 e. The zero-order valence-electron chi connectivity index (χ0n) is 9.27. The van der Waals surface area contributed by atoms with Crippen LogP contribution in [0.2, 0.25) is 0 Å². The molecule has 1 aromatic carbocycles. The summed E-state index contributed by atoms with van der Waals surface area (Å²) in [6.07, 6.45) is 3.57. The highest BCUT2D eigenvalue weighted by atomic mass is 16.4. The summed E-state index contributed by atoms with van der Waals surface area (Å²) < 4.78 is 0. The van der Waals surface area contributed by atoms with Gasteiger partial charge in [-0.05, 0) is 36.4 Å². The van der Waals surface area contributed by atoms with E-state index in [0.29, 0.717) is 0 Å². The molecule has 1 aromatic heterocycles. The van der Waals surface area contributed by atoms with Crippen LogP contribution in [0, 0.1) is 6.92 Å². The molecule has 0 aliphatic carbocycles. The van der Waals surface area contributed by atoms with Gasteiger partial charge in [0, 0.05) is 17.8 Å². The topological polar surface area (TPSA) is 50.2 Å². The van der Waals surface area contributed by atoms with E-state index >= 15 is 0 Å². The van der Waals surface area contributed by atoms with Crippen molar-refractivity contribution in [3.05, 3.63) is 41.7 Å². The number of carboxylic acids is 1. The van der Waals surface area contributed by atoms with E-state index in [2.05, 4.69) is 4.98 Å². The molecule has 82 valence electrons. The van der Waals surface area contributed by atoms with Crippen molar-refractivity contribution >= 4 is 16.7 Å². The highest BCUT2D eigenvalue weighted by Crippen LogP contribution is 2.23. The number of carbonyl (C=O) groups is 1. The molecule has 0 saturated carbocycles. The van der Waals surface area contributed by atoms with Crippen LogP contribution in [0.4, 0.5) is 0 Å². The molecule has 3 nitrogen and oxygen atoms in total. The van der Waals surface area contributed by atoms with Crippen molar-refractivity contribution in [1.82, 2.24) is 4.98 Å². The largest absolute Gasteiger partial charge is 0.481 e. The highest BCUT2D eigenvalue weighted by molar-refractivity contribution is 5.86. The number of carboxylic acid groups (broad SMARTS) is 1. The molecule has 0 saturated heterocycles. The Hall–Kier alpha value is -1.90. The number of hydrogen-bond donors (Lipinski definition) is 1. The minimum absolute atomic E-state index is 0.482. The number of fused-ring (bicyclic) bond motifs is 1. The Morgan fingerprint density at radius 3 is 2.81 bits per heavy atom. The molecular formula is C13H13NO2. The van der Waals surface area contributed by atoms with E-state index in [4.69, 9.17) is 5.11 Å². The Morgan fingerprint density at radius 2 is 2.12 bits per heavy atom. The van der Waals surface area contributed by atoms with Crippen LogP contribution < -0.4 is 0 Å². The SMILES string of the molecule is Cc1cncc2cc(C(C)C(=O)O)ccc12. The Kier molecular flexibility index (Phi) is 2.60. The average Bonchev–Trinajstić information content (AvgIpc) is 2.28. The van der Waals surface area contributed by atoms with Crippen LogP contribution in [-0.2, 0) is 4.79 Å². The molecule has 0 aliphatic heterocycles. The standard InChI is InChI=1S/C13H13NO2/c1-8-6-14-7-11-5-10(3-4-12(8)11)9(2)13(15)16/h3-7,9H,1-2H3,(H,15,16). The van der Waals surface area contributed by atoms with Gasteiger partial charge in [0.15, 0.2) is 0 Å². The summed E-state index contributed by atoms with van der Waals surface area (Å²) in [7, 11) is 0. The van der Waals surface area contributed by atoms with Gasteiger partial charge in [-0.25, -0.2) is 0 Å². The molecule has 2 aromatic rings. The molecule has 0 fully saturated rings. The summed E-state index contributed by atoms with van der Waals surface area (Å²) in [5, 5.41) is 11.1. The number of pyridine rings is 1. The number of benzene rings is 1. The van der Waals surface area contributed by atoms with Crippen molar-refractivity contribution in [1.29, 1.82) is 0 Å². The third-order valence-corrected chi connectivity index (χ3v) is 2.85. The van der Waals surface area contributed by atoms with Crippen LogP contribution in [0.25, 0.3) is 10.8 Å². The summed E-state index contributed by atoms with van der Waals surface area (Å²) in [5.41, 5.74) is 1.92. The first-order chi connectivity index (χ1) is 7.59. The molecule has 1 N–H and O–H groups in total. The van der Waals surface area contributed by atoms with Crippen LogP contribution in [0.15, 0.2) is 30.6 Å². The Morgan fingerprint density at radius 1 is 1.38 bits per heavy atom. The number of aromatic nitrogens is 1. The molecule has 1 unspecified atom stereocenters. The molecule has 3 heteroatoms. The van der Waals surface area contributed by atoms with Gasteiger partial charge < -0.3 is 5.11 Å². The molecule has 1 heterocycles. The van der Waals surface area contributed by atoms with E-state index in [9.17, 15) is 4.79 Å². The van der Waals surface area contributed by atoms with Crippen LogP contribution in [0.5, 0.6) is 0 Å². The van der Waals surface area contributed by atoms with Crippen molar-refractivity contribution in [2.24, 2.45) is 0 Å². The second-order valence-electron chi connectivity index (χ2n) is 4.00. The Balaban J connectivity index is 2.57. The van der Waals surface area contributed by atoms with E-state index < -0.39 is 11.9 Å². The molecule has 0 aliphatic rings. The zero-order chi connectivity index (χ0) is 11.7. The van der Waals surface area contributed by atoms with Crippen LogP contribution in [0.3, 0.4) is 0 Å². The molecule has 0 spiro atoms. The van der Waals surface area contributed by atoms with E-state index in [0.717, 1.165) is 21.9 Å². The quantitative estimate of drug-likeness (QED) is 0.838. The van der Waals surface area contributed by atoms with E-state index in [1.807, 2.05) is 31.3 Å². The van der Waals surface area contributed by atoms with E-state index in [1.54, 1.807) is 13.1 Å². The summed E-state index contributed by atoms with van der Waals surface area (Å²) in [6.45, 7) is 3.68. The summed E-state index contributed by atoms with van der Waals surface area (Å²) in [5.74, 6) is -1.29. The molecule has 2 rings (SSSR count). The molecular weight excluding hydrogens is 202 g/mol. The van der Waals surface area contributed by atoms with Crippen molar-refractivity contribution in [2.75, 3.05) is 0 Å². The monoisotopic (exact) mass is 215 g/mol. The second-order valence-corrected chi connectivity index (χ2v) is 4.00. The highest BCUT2D eigenvalue weighted by Gasteiger charge is 2.13. The van der Waals surface area contributed by atoms with Crippen molar-refractivity contribution in [3.8, 4) is 0 Å². The van der Waals surface area contributed by atoms with Gasteiger partial charge in [-0.2, -0.15) is 0 Å². The first-order valence-electron chi connectivity index (χ1n) is 5.16. The lowest BCUT2D eigenvalue weighted by atomic mass is 9.97. The fraction of sp³-hybridized carbons (Fsp3) is 0.231. The van der Waals surface area contributed by atoms with Gasteiger partial charge >= 0.3 is 5.97 Å². The molecule has 0 bridgehead atoms. The second kappa shape index (κ2) is 3.93. The van der Waals surface area contributed by atoms with Crippen molar-refractivity contribution in [3.63, 3.8) is 0 Å². The first-order valence-corrected chi connectivity index (χ1v) is 5.16. The zero-order valence-corrected chi connectivity index (χ0v) is 9.27. The number of aryl methyl sites for hydroxylation is 1. The molecule has 1 atom stereocenters. The van der Waals surface area contributed by atoms with Gasteiger partial charge in [0.2, 0.25) is 0 Å². The van der Waals surface area contributed by atoms with Crippen LogP contribution in [0.1, 0.15) is 24.0 Å². The van der Waals surface area contributed by atoms with Gasteiger partial charge in [-0.15, -0.1) is 0 Å². The van der Waals surface area contributed by atoms with E-state index in [-0.39, 0.29) is 0 Å². The Labute approximate surface area is 93.7 Å². The maximum atomic E-state index is 10.9. The fourth-order valence-electron chi connectivity index (χ4n) is 1.76. The van der Waals surface area contributed by atoms with Gasteiger partial charge in [-0.1, -0.05) is 12.1 Å². The molecule has 16 heavy (non-hydrogen) atoms. The lowest BCUT2D eigenvalue weighted by Gasteiger charge is -2.08. The molecule has 0 amide bonds. The van der Waals surface area contributed by atoms with Crippen LogP contribution in [-0.4, -0.2) is 16.1 Å². The maximum absolute atomic E-state index is 10.9. The minimum Gasteiger partial charge on any atom is -0.481 e. The van der Waals surface area contributed by atoms with Crippen molar-refractivity contribution in [2.45, 2.75) is 19.8 Å². The van der Waals surface area contributed by atoms with Crippen molar-refractivity contribution < 1.29 is 9.90 Å². The van der Waals surface area contributed by atoms with Gasteiger partial charge in [0.25, 0.3) is 0 Å². The fourth-order valence-corrected chi connectivity index (χ4v) is 1.76. The van der Waals surface area contributed by atoms with Gasteiger partial charge in [0.05, 0.1) is 5.92 Å². The average molecular weight is 215 g/mol. The Bertz CT molecular complexity index is 549. The lowest BCUT2D eigenvalue weighted by molar-refractivity contribution is -0.138. The third kappa shape index (κ3) is 1.76. The number of nitrogens with zero attached hydrogens (tertiary/aromatic N) is 1. The minimum atomic E-state index is -0.806. The summed E-state index contributed by atoms with van der Waals surface area (Å²) in [4.78, 5) is 15.0. The van der Waals surface area contributed by atoms with Gasteiger partial charge in [0.1, 0.15) is 0 Å². The number of hydrogen-bond acceptors (Lipinski definition) is 2. The summed E-state index contributed by atoms with van der Waals surface area (Å²) >= 11 is 0. The number of rotatable bonds is 2. The lowest BCUT2D eigenvalue weighted by Crippen LogP contribution is -2.07. The smallest absolute Gasteiger partial charge is 0.310 e. The predicted molar refractivity (Wildman–Crippen MR) is 62.5 cm³/mol. The van der Waals surface area contributed by atoms with Gasteiger partial charge in [-0.3, -0.25) is 9.78 Å². The predicted octanol–water partition coefficient (Wildman–Crippen LogP) is 2.73. The number of aliphatic carboxylic acids is 1. The summed E-state index contributed by atoms with van der Waals surface area (Å²) in [6, 6.07) is 5.73. The van der Waals surface area contributed by atoms with Crippen LogP contribution >= 0.6 is 0 Å². The van der Waals surface area contributed by atoms with E-state index in [1.165, 1.54) is 0 Å². The molecule has 0 radical (unpaired) electrons.